The molecule has 1 saturated heterocycles. The van der Waals surface area contributed by atoms with Crippen LogP contribution in [0.3, 0.4) is 0 Å². The van der Waals surface area contributed by atoms with Crippen molar-refractivity contribution >= 4 is 16.7 Å². The number of rotatable bonds is 7. The van der Waals surface area contributed by atoms with Crippen molar-refractivity contribution < 1.29 is 5.11 Å². The highest BCUT2D eigenvalue weighted by molar-refractivity contribution is 5.86. The first-order chi connectivity index (χ1) is 14.3. The number of anilines is 1. The predicted octanol–water partition coefficient (Wildman–Crippen LogP) is 3.83. The highest BCUT2D eigenvalue weighted by Crippen LogP contribution is 2.26. The van der Waals surface area contributed by atoms with Crippen molar-refractivity contribution in [3.05, 3.63) is 54.7 Å². The standard InChI is InChI=1S/C24H30N4O/c1-2-27(15-16-29)18-19-10-13-28(14-11-19)24-25-12-9-23(26-24)22-8-7-20-5-3-4-6-21(20)17-22/h3-9,12,17,19,29H,2,10-11,13-16,18H2,1H3. The summed E-state index contributed by atoms with van der Waals surface area (Å²) in [6, 6.07) is 16.9. The van der Waals surface area contributed by atoms with E-state index in [9.17, 15) is 5.11 Å². The van der Waals surface area contributed by atoms with E-state index >= 15 is 0 Å². The van der Waals surface area contributed by atoms with Crippen LogP contribution in [0.5, 0.6) is 0 Å². The number of hydrogen-bond donors (Lipinski definition) is 1. The summed E-state index contributed by atoms with van der Waals surface area (Å²) in [5.41, 5.74) is 2.10. The van der Waals surface area contributed by atoms with E-state index < -0.39 is 0 Å². The molecule has 0 aliphatic carbocycles. The van der Waals surface area contributed by atoms with E-state index in [1.54, 1.807) is 0 Å². The van der Waals surface area contributed by atoms with Crippen LogP contribution in [0.15, 0.2) is 54.7 Å². The van der Waals surface area contributed by atoms with Gasteiger partial charge in [0.2, 0.25) is 5.95 Å². The molecule has 1 fully saturated rings. The van der Waals surface area contributed by atoms with Crippen LogP contribution in [0.4, 0.5) is 5.95 Å². The molecule has 0 bridgehead atoms. The van der Waals surface area contributed by atoms with Crippen molar-refractivity contribution in [2.24, 2.45) is 5.92 Å². The Bertz CT molecular complexity index is 937. The van der Waals surface area contributed by atoms with Gasteiger partial charge in [0.15, 0.2) is 0 Å². The Labute approximate surface area is 173 Å². The summed E-state index contributed by atoms with van der Waals surface area (Å²) >= 11 is 0. The maximum absolute atomic E-state index is 9.20. The van der Waals surface area contributed by atoms with Gasteiger partial charge in [0.1, 0.15) is 0 Å². The summed E-state index contributed by atoms with van der Waals surface area (Å²) < 4.78 is 0. The van der Waals surface area contributed by atoms with Crippen molar-refractivity contribution in [1.29, 1.82) is 0 Å². The van der Waals surface area contributed by atoms with E-state index in [1.807, 2.05) is 12.3 Å². The van der Waals surface area contributed by atoms with Gasteiger partial charge >= 0.3 is 0 Å². The minimum atomic E-state index is 0.238. The molecule has 3 aromatic rings. The summed E-state index contributed by atoms with van der Waals surface area (Å²) in [5.74, 6) is 1.51. The smallest absolute Gasteiger partial charge is 0.225 e. The first-order valence-electron chi connectivity index (χ1n) is 10.7. The maximum atomic E-state index is 9.20. The Balaban J connectivity index is 1.44. The van der Waals surface area contributed by atoms with Gasteiger partial charge in [-0.05, 0) is 48.2 Å². The van der Waals surface area contributed by atoms with Crippen LogP contribution in [0, 0.1) is 5.92 Å². The molecule has 1 N–H and O–H groups in total. The molecule has 0 saturated carbocycles. The van der Waals surface area contributed by atoms with Gasteiger partial charge < -0.3 is 14.9 Å². The lowest BCUT2D eigenvalue weighted by Gasteiger charge is -2.34. The minimum Gasteiger partial charge on any atom is -0.395 e. The van der Waals surface area contributed by atoms with Crippen molar-refractivity contribution in [2.45, 2.75) is 19.8 Å². The highest BCUT2D eigenvalue weighted by Gasteiger charge is 2.22. The lowest BCUT2D eigenvalue weighted by atomic mass is 9.96. The molecule has 0 spiro atoms. The first kappa shape index (κ1) is 19.8. The monoisotopic (exact) mass is 390 g/mol. The topological polar surface area (TPSA) is 52.5 Å². The molecule has 1 aromatic heterocycles. The number of aliphatic hydroxyl groups is 1. The zero-order valence-corrected chi connectivity index (χ0v) is 17.2. The third kappa shape index (κ3) is 4.74. The minimum absolute atomic E-state index is 0.238. The predicted molar refractivity (Wildman–Crippen MR) is 119 cm³/mol. The van der Waals surface area contributed by atoms with E-state index in [0.717, 1.165) is 62.8 Å². The van der Waals surface area contributed by atoms with Gasteiger partial charge in [-0.25, -0.2) is 9.97 Å². The van der Waals surface area contributed by atoms with E-state index in [-0.39, 0.29) is 6.61 Å². The first-order valence-corrected chi connectivity index (χ1v) is 10.7. The Morgan fingerprint density at radius 2 is 1.86 bits per heavy atom. The van der Waals surface area contributed by atoms with Crippen molar-refractivity contribution in [1.82, 2.24) is 14.9 Å². The molecule has 1 aliphatic heterocycles. The number of nitrogens with zero attached hydrogens (tertiary/aromatic N) is 4. The van der Waals surface area contributed by atoms with Gasteiger partial charge in [0, 0.05) is 37.9 Å². The van der Waals surface area contributed by atoms with Gasteiger partial charge in [-0.2, -0.15) is 0 Å². The van der Waals surface area contributed by atoms with Gasteiger partial charge in [-0.1, -0.05) is 43.3 Å². The van der Waals surface area contributed by atoms with Crippen LogP contribution in [-0.2, 0) is 0 Å². The Morgan fingerprint density at radius 3 is 2.62 bits per heavy atom. The number of piperidine rings is 1. The number of hydrogen-bond acceptors (Lipinski definition) is 5. The lowest BCUT2D eigenvalue weighted by Crippen LogP contribution is -2.40. The van der Waals surface area contributed by atoms with E-state index in [4.69, 9.17) is 4.98 Å². The maximum Gasteiger partial charge on any atom is 0.225 e. The van der Waals surface area contributed by atoms with Crippen LogP contribution < -0.4 is 4.90 Å². The molecule has 0 atom stereocenters. The molecule has 4 rings (SSSR count). The van der Waals surface area contributed by atoms with Crippen molar-refractivity contribution in [3.8, 4) is 11.3 Å². The number of fused-ring (bicyclic) bond motifs is 1. The van der Waals surface area contributed by atoms with Gasteiger partial charge in [-0.15, -0.1) is 0 Å². The summed E-state index contributed by atoms with van der Waals surface area (Å²) in [7, 11) is 0. The Kier molecular flexibility index (Phi) is 6.37. The zero-order chi connectivity index (χ0) is 20.1. The number of aliphatic hydroxyl groups excluding tert-OH is 1. The van der Waals surface area contributed by atoms with E-state index in [0.29, 0.717) is 5.92 Å². The number of benzene rings is 2. The number of likely N-dealkylation sites (N-methyl/N-ethyl adjacent to an activating group) is 1. The third-order valence-corrected chi connectivity index (χ3v) is 5.97. The van der Waals surface area contributed by atoms with Crippen LogP contribution >= 0.6 is 0 Å². The molecular formula is C24H30N4O. The molecule has 152 valence electrons. The quantitative estimate of drug-likeness (QED) is 0.665. The molecule has 0 unspecified atom stereocenters. The molecule has 5 heteroatoms. The zero-order valence-electron chi connectivity index (χ0n) is 17.2. The fourth-order valence-electron chi connectivity index (χ4n) is 4.21. The molecule has 1 aliphatic rings. The highest BCUT2D eigenvalue weighted by atomic mass is 16.3. The van der Waals surface area contributed by atoms with E-state index in [1.165, 1.54) is 10.8 Å². The molecule has 0 amide bonds. The van der Waals surface area contributed by atoms with Gasteiger partial charge in [0.05, 0.1) is 12.3 Å². The summed E-state index contributed by atoms with van der Waals surface area (Å²) in [6.07, 6.45) is 4.16. The second-order valence-corrected chi connectivity index (χ2v) is 7.85. The molecule has 5 nitrogen and oxygen atoms in total. The summed E-state index contributed by atoms with van der Waals surface area (Å²) in [4.78, 5) is 14.1. The van der Waals surface area contributed by atoms with Crippen molar-refractivity contribution in [3.63, 3.8) is 0 Å². The molecular weight excluding hydrogens is 360 g/mol. The largest absolute Gasteiger partial charge is 0.395 e. The molecule has 2 aromatic carbocycles. The number of aromatic nitrogens is 2. The molecule has 2 heterocycles. The van der Waals surface area contributed by atoms with Crippen LogP contribution in [0.1, 0.15) is 19.8 Å². The van der Waals surface area contributed by atoms with Crippen LogP contribution in [-0.4, -0.2) is 59.3 Å². The average molecular weight is 391 g/mol. The summed E-state index contributed by atoms with van der Waals surface area (Å²) in [5, 5.41) is 11.7. The second-order valence-electron chi connectivity index (χ2n) is 7.85. The summed E-state index contributed by atoms with van der Waals surface area (Å²) in [6.45, 7) is 7.22. The van der Waals surface area contributed by atoms with Crippen LogP contribution in [0.25, 0.3) is 22.0 Å². The second kappa shape index (κ2) is 9.33. The Hall–Kier alpha value is -2.50. The molecule has 29 heavy (non-hydrogen) atoms. The van der Waals surface area contributed by atoms with Gasteiger partial charge in [0.25, 0.3) is 0 Å². The Morgan fingerprint density at radius 1 is 1.07 bits per heavy atom. The SMILES string of the molecule is CCN(CCO)CC1CCN(c2nccc(-c3ccc4ccccc4c3)n2)CC1. The van der Waals surface area contributed by atoms with Crippen LogP contribution in [0.2, 0.25) is 0 Å². The third-order valence-electron chi connectivity index (χ3n) is 5.97. The lowest BCUT2D eigenvalue weighted by molar-refractivity contribution is 0.171. The van der Waals surface area contributed by atoms with E-state index in [2.05, 4.69) is 64.2 Å². The van der Waals surface area contributed by atoms with Crippen molar-refractivity contribution in [2.75, 3.05) is 44.2 Å². The normalized spacial score (nSPS) is 15.3. The average Bonchev–Trinajstić information content (AvgIpc) is 2.79. The van der Waals surface area contributed by atoms with Gasteiger partial charge in [-0.3, -0.25) is 0 Å². The fraction of sp³-hybridized carbons (Fsp3) is 0.417. The fourth-order valence-corrected chi connectivity index (χ4v) is 4.21. The molecule has 0 radical (unpaired) electrons.